The largest absolute Gasteiger partial charge is 0.355 e. The van der Waals surface area contributed by atoms with Crippen molar-refractivity contribution in [1.29, 1.82) is 0 Å². The monoisotopic (exact) mass is 262 g/mol. The highest BCUT2D eigenvalue weighted by molar-refractivity contribution is 5.85. The number of amides is 1. The van der Waals surface area contributed by atoms with Crippen LogP contribution in [0.15, 0.2) is 0 Å². The number of likely N-dealkylation sites (N-methyl/N-ethyl adjacent to an activating group) is 1. The van der Waals surface area contributed by atoms with Crippen molar-refractivity contribution in [3.05, 3.63) is 0 Å². The van der Waals surface area contributed by atoms with Crippen molar-refractivity contribution in [2.24, 2.45) is 5.92 Å². The van der Waals surface area contributed by atoms with Crippen LogP contribution in [0.3, 0.4) is 0 Å². The van der Waals surface area contributed by atoms with Gasteiger partial charge in [-0.1, -0.05) is 32.1 Å². The van der Waals surface area contributed by atoms with E-state index in [0.29, 0.717) is 12.5 Å². The molecular formula is C13H27ClN2O. The van der Waals surface area contributed by atoms with Crippen molar-refractivity contribution in [3.63, 3.8) is 0 Å². The molecule has 1 fully saturated rings. The minimum Gasteiger partial charge on any atom is -0.355 e. The van der Waals surface area contributed by atoms with Crippen LogP contribution in [0.1, 0.15) is 51.9 Å². The van der Waals surface area contributed by atoms with Gasteiger partial charge in [-0.3, -0.25) is 4.79 Å². The van der Waals surface area contributed by atoms with Crippen LogP contribution in [0, 0.1) is 5.92 Å². The van der Waals surface area contributed by atoms with Crippen molar-refractivity contribution in [3.8, 4) is 0 Å². The van der Waals surface area contributed by atoms with E-state index in [1.54, 1.807) is 0 Å². The molecule has 0 aliphatic heterocycles. The van der Waals surface area contributed by atoms with Crippen LogP contribution in [0.4, 0.5) is 0 Å². The van der Waals surface area contributed by atoms with Crippen LogP contribution in [0.2, 0.25) is 0 Å². The molecule has 0 bridgehead atoms. The van der Waals surface area contributed by atoms with Crippen LogP contribution in [0.5, 0.6) is 0 Å². The molecule has 4 heteroatoms. The van der Waals surface area contributed by atoms with Gasteiger partial charge in [-0.25, -0.2) is 0 Å². The van der Waals surface area contributed by atoms with E-state index in [1.807, 2.05) is 7.05 Å². The first kappa shape index (κ1) is 16.7. The van der Waals surface area contributed by atoms with Crippen molar-refractivity contribution in [2.75, 3.05) is 13.6 Å². The highest BCUT2D eigenvalue weighted by Crippen LogP contribution is 2.27. The maximum Gasteiger partial charge on any atom is 0.220 e. The number of halogens is 1. The van der Waals surface area contributed by atoms with Gasteiger partial charge in [0.15, 0.2) is 0 Å². The van der Waals surface area contributed by atoms with Gasteiger partial charge in [-0.2, -0.15) is 0 Å². The van der Waals surface area contributed by atoms with Crippen molar-refractivity contribution in [2.45, 2.75) is 57.9 Å². The van der Waals surface area contributed by atoms with Crippen molar-refractivity contribution >= 4 is 18.3 Å². The quantitative estimate of drug-likeness (QED) is 0.772. The molecule has 1 saturated carbocycles. The van der Waals surface area contributed by atoms with Crippen LogP contribution in [0.25, 0.3) is 0 Å². The Morgan fingerprint density at radius 1 is 1.29 bits per heavy atom. The molecule has 102 valence electrons. The third-order valence-electron chi connectivity index (χ3n) is 3.60. The fourth-order valence-corrected chi connectivity index (χ4v) is 2.27. The van der Waals surface area contributed by atoms with E-state index in [2.05, 4.69) is 17.6 Å². The summed E-state index contributed by atoms with van der Waals surface area (Å²) in [4.78, 5) is 11.6. The van der Waals surface area contributed by atoms with Gasteiger partial charge in [0.05, 0.1) is 0 Å². The molecule has 1 unspecified atom stereocenters. The Bertz CT molecular complexity index is 206. The number of nitrogens with one attached hydrogen (secondary N) is 2. The highest BCUT2D eigenvalue weighted by atomic mass is 35.5. The van der Waals surface area contributed by atoms with Crippen LogP contribution < -0.4 is 10.6 Å². The molecule has 3 nitrogen and oxygen atoms in total. The lowest BCUT2D eigenvalue weighted by molar-refractivity contribution is -0.121. The number of hydrogen-bond acceptors (Lipinski definition) is 2. The second-order valence-electron chi connectivity index (χ2n) is 5.04. The van der Waals surface area contributed by atoms with Gasteiger partial charge >= 0.3 is 0 Å². The molecule has 0 aromatic heterocycles. The summed E-state index contributed by atoms with van der Waals surface area (Å²) in [5.74, 6) is 1.02. The molecular weight excluding hydrogens is 236 g/mol. The van der Waals surface area contributed by atoms with E-state index in [0.717, 1.165) is 18.9 Å². The Hall–Kier alpha value is -0.280. The predicted molar refractivity (Wildman–Crippen MR) is 74.6 cm³/mol. The summed E-state index contributed by atoms with van der Waals surface area (Å²) in [5.41, 5.74) is 0. The molecule has 0 aromatic rings. The smallest absolute Gasteiger partial charge is 0.220 e. The van der Waals surface area contributed by atoms with E-state index < -0.39 is 0 Å². The van der Waals surface area contributed by atoms with Gasteiger partial charge < -0.3 is 10.6 Å². The van der Waals surface area contributed by atoms with E-state index in [9.17, 15) is 4.79 Å². The molecule has 0 saturated heterocycles. The van der Waals surface area contributed by atoms with Gasteiger partial charge in [-0.15, -0.1) is 12.4 Å². The summed E-state index contributed by atoms with van der Waals surface area (Å²) in [7, 11) is 1.92. The van der Waals surface area contributed by atoms with Crippen molar-refractivity contribution in [1.82, 2.24) is 10.6 Å². The van der Waals surface area contributed by atoms with Gasteiger partial charge in [0.2, 0.25) is 5.91 Å². The minimum atomic E-state index is 0. The number of carbonyl (C=O) groups is 1. The second-order valence-corrected chi connectivity index (χ2v) is 5.04. The predicted octanol–water partition coefficient (Wildman–Crippen LogP) is 2.49. The summed E-state index contributed by atoms with van der Waals surface area (Å²) >= 11 is 0. The first-order chi connectivity index (χ1) is 7.72. The third kappa shape index (κ3) is 7.61. The topological polar surface area (TPSA) is 41.1 Å². The number of carbonyl (C=O) groups excluding carboxylic acids is 1. The minimum absolute atomic E-state index is 0. The zero-order valence-corrected chi connectivity index (χ0v) is 11.9. The lowest BCUT2D eigenvalue weighted by Gasteiger charge is -2.21. The molecule has 1 aliphatic rings. The average Bonchev–Trinajstić information content (AvgIpc) is 2.34. The molecule has 0 aromatic carbocycles. The molecule has 1 atom stereocenters. The van der Waals surface area contributed by atoms with E-state index in [-0.39, 0.29) is 18.3 Å². The highest BCUT2D eigenvalue weighted by Gasteiger charge is 2.14. The summed E-state index contributed by atoms with van der Waals surface area (Å²) in [6.45, 7) is 2.81. The zero-order chi connectivity index (χ0) is 11.8. The Morgan fingerprint density at radius 2 is 1.94 bits per heavy atom. The van der Waals surface area contributed by atoms with E-state index in [4.69, 9.17) is 0 Å². The summed E-state index contributed by atoms with van der Waals surface area (Å²) < 4.78 is 0. The molecule has 1 amide bonds. The third-order valence-corrected chi connectivity index (χ3v) is 3.60. The van der Waals surface area contributed by atoms with Crippen LogP contribution >= 0.6 is 12.4 Å². The van der Waals surface area contributed by atoms with Crippen molar-refractivity contribution < 1.29 is 4.79 Å². The fourth-order valence-electron chi connectivity index (χ4n) is 2.27. The number of rotatable bonds is 6. The fraction of sp³-hybridized carbons (Fsp3) is 0.923. The van der Waals surface area contributed by atoms with Gasteiger partial charge in [-0.05, 0) is 26.3 Å². The molecule has 2 N–H and O–H groups in total. The number of hydrogen-bond donors (Lipinski definition) is 2. The van der Waals surface area contributed by atoms with Gasteiger partial charge in [0, 0.05) is 19.0 Å². The lowest BCUT2D eigenvalue weighted by Crippen LogP contribution is -2.37. The molecule has 17 heavy (non-hydrogen) atoms. The molecule has 0 spiro atoms. The maximum absolute atomic E-state index is 11.6. The maximum atomic E-state index is 11.6. The SMILES string of the molecule is CNC(C)CNC(=O)CCC1CCCCC1.Cl. The standard InChI is InChI=1S/C13H26N2O.ClH/c1-11(14-2)10-15-13(16)9-8-12-6-4-3-5-7-12;/h11-12,14H,3-10H2,1-2H3,(H,15,16);1H. The van der Waals surface area contributed by atoms with Crippen LogP contribution in [-0.4, -0.2) is 25.5 Å². The molecule has 0 radical (unpaired) electrons. The zero-order valence-electron chi connectivity index (χ0n) is 11.1. The first-order valence-electron chi connectivity index (χ1n) is 6.66. The average molecular weight is 263 g/mol. The summed E-state index contributed by atoms with van der Waals surface area (Å²) in [5, 5.41) is 6.08. The first-order valence-corrected chi connectivity index (χ1v) is 6.66. The van der Waals surface area contributed by atoms with Crippen LogP contribution in [-0.2, 0) is 4.79 Å². The summed E-state index contributed by atoms with van der Waals surface area (Å²) in [6.07, 6.45) is 8.58. The Balaban J connectivity index is 0.00000256. The Kier molecular flexibility index (Phi) is 9.56. The molecule has 1 rings (SSSR count). The Labute approximate surface area is 112 Å². The van der Waals surface area contributed by atoms with E-state index in [1.165, 1.54) is 32.1 Å². The van der Waals surface area contributed by atoms with Gasteiger partial charge in [0.1, 0.15) is 0 Å². The Morgan fingerprint density at radius 3 is 2.53 bits per heavy atom. The summed E-state index contributed by atoms with van der Waals surface area (Å²) in [6, 6.07) is 0.360. The lowest BCUT2D eigenvalue weighted by atomic mass is 9.86. The second kappa shape index (κ2) is 9.72. The van der Waals surface area contributed by atoms with Gasteiger partial charge in [0.25, 0.3) is 0 Å². The normalized spacial score (nSPS) is 18.2. The molecule has 0 heterocycles. The van der Waals surface area contributed by atoms with E-state index >= 15 is 0 Å². The molecule has 1 aliphatic carbocycles.